The minimum atomic E-state index is -4.30. The molecular weight excluding hydrogens is 308 g/mol. The molecule has 0 radical (unpaired) electrons. The summed E-state index contributed by atoms with van der Waals surface area (Å²) in [6, 6.07) is -1.89. The molecule has 0 saturated carbocycles. The Morgan fingerprint density at radius 3 is 2.48 bits per heavy atom. The highest BCUT2D eigenvalue weighted by molar-refractivity contribution is 7.94. The lowest BCUT2D eigenvalue weighted by Crippen LogP contribution is -2.59. The Kier molecular flexibility index (Phi) is 3.20. The summed E-state index contributed by atoms with van der Waals surface area (Å²) >= 11 is 0. The number of primary amides is 1. The number of carbonyl (C=O) groups excluding carboxylic acids is 3. The van der Waals surface area contributed by atoms with Crippen molar-refractivity contribution in [3.05, 3.63) is 0 Å². The van der Waals surface area contributed by atoms with E-state index in [1.807, 2.05) is 0 Å². The first-order chi connectivity index (χ1) is 9.55. The molecule has 2 aliphatic heterocycles. The van der Waals surface area contributed by atoms with Crippen LogP contribution in [0, 0.1) is 0 Å². The number of rotatable bonds is 4. The first kappa shape index (κ1) is 15.2. The molecule has 11 heteroatoms. The molecule has 0 aromatic rings. The van der Waals surface area contributed by atoms with Crippen LogP contribution in [0.25, 0.3) is 0 Å². The molecule has 3 atom stereocenters. The molecule has 2 amide bonds. The minimum absolute atomic E-state index is 0.384. The van der Waals surface area contributed by atoms with Crippen LogP contribution in [0.15, 0.2) is 0 Å². The van der Waals surface area contributed by atoms with E-state index in [1.165, 1.54) is 0 Å². The van der Waals surface area contributed by atoms with Crippen LogP contribution in [0.3, 0.4) is 0 Å². The number of fused-ring (bicyclic) bond motifs is 1. The number of hydrogen-bond acceptors (Lipinski definition) is 7. The maximum atomic E-state index is 12.3. The molecule has 10 nitrogen and oxygen atoms in total. The number of carbonyl (C=O) groups is 4. The molecule has 0 aromatic carbocycles. The van der Waals surface area contributed by atoms with Gasteiger partial charge in [-0.1, -0.05) is 0 Å². The predicted octanol–water partition coefficient (Wildman–Crippen LogP) is -2.79. The number of nitrogens with two attached hydrogens (primary N) is 1. The second-order valence-electron chi connectivity index (χ2n) is 4.90. The lowest BCUT2D eigenvalue weighted by atomic mass is 9.96. The van der Waals surface area contributed by atoms with E-state index in [9.17, 15) is 32.7 Å². The van der Waals surface area contributed by atoms with Gasteiger partial charge in [0.2, 0.25) is 5.91 Å². The van der Waals surface area contributed by atoms with E-state index < -0.39 is 56.4 Å². The third-order valence-electron chi connectivity index (χ3n) is 3.68. The van der Waals surface area contributed by atoms with E-state index in [0.717, 1.165) is 6.92 Å². The first-order valence-corrected chi connectivity index (χ1v) is 7.32. The van der Waals surface area contributed by atoms with E-state index in [0.29, 0.717) is 4.90 Å². The average molecular weight is 320 g/mol. The molecule has 2 saturated heterocycles. The number of hydrogen-bond donors (Lipinski definition) is 2. The van der Waals surface area contributed by atoms with Crippen LogP contribution in [0.2, 0.25) is 0 Å². The van der Waals surface area contributed by atoms with Crippen molar-refractivity contribution >= 4 is 33.6 Å². The summed E-state index contributed by atoms with van der Waals surface area (Å²) < 4.78 is 26.7. The van der Waals surface area contributed by atoms with Gasteiger partial charge in [0.05, 0.1) is 6.42 Å². The summed E-state index contributed by atoms with van der Waals surface area (Å²) in [5.74, 6) is -4.76. The number of ether oxygens (including phenoxy) is 1. The Hall–Kier alpha value is -2.17. The van der Waals surface area contributed by atoms with E-state index in [4.69, 9.17) is 5.73 Å². The van der Waals surface area contributed by atoms with Gasteiger partial charge in [0.15, 0.2) is 27.2 Å². The lowest BCUT2D eigenvalue weighted by molar-refractivity contribution is -0.163. The number of amides is 2. The number of carboxylic acids is 1. The van der Waals surface area contributed by atoms with Gasteiger partial charge >= 0.3 is 11.9 Å². The lowest BCUT2D eigenvalue weighted by Gasteiger charge is -2.35. The monoisotopic (exact) mass is 320 g/mol. The van der Waals surface area contributed by atoms with Gasteiger partial charge in [0.25, 0.3) is 5.91 Å². The van der Waals surface area contributed by atoms with Crippen LogP contribution in [0.5, 0.6) is 0 Å². The molecule has 0 aliphatic carbocycles. The van der Waals surface area contributed by atoms with Crippen LogP contribution in [0.4, 0.5) is 0 Å². The van der Waals surface area contributed by atoms with Gasteiger partial charge in [-0.25, -0.2) is 13.2 Å². The fourth-order valence-corrected chi connectivity index (χ4v) is 4.82. The van der Waals surface area contributed by atoms with Gasteiger partial charge in [0, 0.05) is 0 Å². The topological polar surface area (TPSA) is 161 Å². The molecule has 116 valence electrons. The highest BCUT2D eigenvalue weighted by Crippen LogP contribution is 2.46. The summed E-state index contributed by atoms with van der Waals surface area (Å²) in [5, 5.41) is 7.83. The Morgan fingerprint density at radius 1 is 1.48 bits per heavy atom. The molecule has 2 rings (SSSR count). The zero-order valence-corrected chi connectivity index (χ0v) is 11.6. The molecule has 0 bridgehead atoms. The molecule has 0 aromatic heterocycles. The van der Waals surface area contributed by atoms with Crippen LogP contribution in [0.1, 0.15) is 13.3 Å². The molecular formula is C10H12N2O8S. The first-order valence-electron chi connectivity index (χ1n) is 5.78. The second kappa shape index (κ2) is 4.41. The van der Waals surface area contributed by atoms with Gasteiger partial charge in [-0.3, -0.25) is 14.4 Å². The average Bonchev–Trinajstić information content (AvgIpc) is 2.50. The summed E-state index contributed by atoms with van der Waals surface area (Å²) in [5.41, 5.74) is 4.79. The van der Waals surface area contributed by atoms with Crippen LogP contribution in [-0.4, -0.2) is 64.9 Å². The van der Waals surface area contributed by atoms with Gasteiger partial charge in [-0.15, -0.1) is 0 Å². The summed E-state index contributed by atoms with van der Waals surface area (Å²) in [6.07, 6.45) is -0.384. The quantitative estimate of drug-likeness (QED) is 0.415. The van der Waals surface area contributed by atoms with E-state index in [2.05, 4.69) is 4.74 Å². The van der Waals surface area contributed by atoms with E-state index in [-0.39, 0.29) is 6.42 Å². The van der Waals surface area contributed by atoms with Crippen molar-refractivity contribution in [3.8, 4) is 0 Å². The maximum Gasteiger partial charge on any atom is 0.330 e. The van der Waals surface area contributed by atoms with Crippen molar-refractivity contribution in [3.63, 3.8) is 0 Å². The normalized spacial score (nSPS) is 33.0. The van der Waals surface area contributed by atoms with Crippen LogP contribution < -0.4 is 5.73 Å². The number of sulfone groups is 1. The van der Waals surface area contributed by atoms with E-state index >= 15 is 0 Å². The molecule has 0 spiro atoms. The summed E-state index contributed by atoms with van der Waals surface area (Å²) in [4.78, 5) is 46.1. The molecule has 21 heavy (non-hydrogen) atoms. The Morgan fingerprint density at radius 2 is 2.05 bits per heavy atom. The molecule has 3 N–H and O–H groups in total. The third-order valence-corrected chi connectivity index (χ3v) is 6.36. The van der Waals surface area contributed by atoms with Crippen molar-refractivity contribution in [1.82, 2.24) is 4.90 Å². The number of β-lactam (4-membered cyclic amide) rings is 1. The summed E-state index contributed by atoms with van der Waals surface area (Å²) in [7, 11) is -4.30. The summed E-state index contributed by atoms with van der Waals surface area (Å²) in [6.45, 7) is -0.00899. The van der Waals surface area contributed by atoms with E-state index in [1.54, 1.807) is 0 Å². The van der Waals surface area contributed by atoms with Crippen LogP contribution in [-0.2, 0) is 33.8 Å². The SMILES string of the molecule is C[C@]1(C(=O)OCC(N)=O)[C@H](C(=O)O)N2C(=O)CC2S1(=O)=O. The van der Waals surface area contributed by atoms with Crippen LogP contribution >= 0.6 is 0 Å². The van der Waals surface area contributed by atoms with Crippen molar-refractivity contribution in [2.75, 3.05) is 6.61 Å². The van der Waals surface area contributed by atoms with Crippen molar-refractivity contribution in [2.45, 2.75) is 29.5 Å². The largest absolute Gasteiger partial charge is 0.480 e. The van der Waals surface area contributed by atoms with Gasteiger partial charge < -0.3 is 20.5 Å². The number of nitrogens with zero attached hydrogens (tertiary/aromatic N) is 1. The standard InChI is InChI=1S/C10H12N2O8S/c1-10(9(17)20-3-4(11)13)7(8(15)16)12-5(14)2-6(12)21(10,18)19/h6-7H,2-3H2,1H3,(H2,11,13)(H,15,16)/t6?,7-,10+/m0/s1. The second-order valence-corrected chi connectivity index (χ2v) is 7.38. The van der Waals surface area contributed by atoms with Crippen molar-refractivity contribution < 1.29 is 37.4 Å². The minimum Gasteiger partial charge on any atom is -0.480 e. The number of carboxylic acid groups (broad SMARTS) is 1. The third kappa shape index (κ3) is 1.80. The van der Waals surface area contributed by atoms with Gasteiger partial charge in [-0.2, -0.15) is 0 Å². The molecule has 2 heterocycles. The fraction of sp³-hybridized carbons (Fsp3) is 0.600. The maximum absolute atomic E-state index is 12.3. The van der Waals surface area contributed by atoms with Crippen molar-refractivity contribution in [2.24, 2.45) is 5.73 Å². The Labute approximate surface area is 118 Å². The molecule has 1 unspecified atom stereocenters. The predicted molar refractivity (Wildman–Crippen MR) is 64.2 cm³/mol. The van der Waals surface area contributed by atoms with Gasteiger partial charge in [-0.05, 0) is 6.92 Å². The van der Waals surface area contributed by atoms with Gasteiger partial charge in [0.1, 0.15) is 5.37 Å². The molecule has 2 fully saturated rings. The smallest absolute Gasteiger partial charge is 0.330 e. The zero-order valence-electron chi connectivity index (χ0n) is 10.8. The Balaban J connectivity index is 2.47. The fourth-order valence-electron chi connectivity index (χ4n) is 2.54. The number of esters is 1. The van der Waals surface area contributed by atoms with Crippen molar-refractivity contribution in [1.29, 1.82) is 0 Å². The highest BCUT2D eigenvalue weighted by atomic mass is 32.2. The Bertz CT molecular complexity index is 656. The molecule has 2 aliphatic rings. The highest BCUT2D eigenvalue weighted by Gasteiger charge is 2.73. The number of aliphatic carboxylic acids is 1. The zero-order chi connectivity index (χ0) is 16.2.